The normalized spacial score (nSPS) is 12.0. The maximum atomic E-state index is 3.64. The molecule has 0 heterocycles. The molecule has 0 aliphatic rings. The fourth-order valence-corrected chi connectivity index (χ4v) is 2.87. The molecule has 0 spiro atoms. The van der Waals surface area contributed by atoms with E-state index in [0.717, 1.165) is 11.4 Å². The molecule has 0 N–H and O–H groups in total. The lowest BCUT2D eigenvalue weighted by molar-refractivity contribution is 0.118. The van der Waals surface area contributed by atoms with Crippen molar-refractivity contribution in [2.45, 2.75) is 59.7 Å². The predicted octanol–water partition coefficient (Wildman–Crippen LogP) is 5.57. The van der Waals surface area contributed by atoms with Gasteiger partial charge < -0.3 is 0 Å². The van der Waals surface area contributed by atoms with Crippen molar-refractivity contribution in [3.05, 3.63) is 67.3 Å². The maximum Gasteiger partial charge on any atom is 0.167 e. The number of anilines is 2. The van der Waals surface area contributed by atoms with E-state index in [2.05, 4.69) is 112 Å². The lowest BCUT2D eigenvalue weighted by Crippen LogP contribution is -2.49. The average molecular weight is 338 g/mol. The van der Waals surface area contributed by atoms with E-state index in [0.29, 0.717) is 12.1 Å². The Labute approximate surface area is 153 Å². The first-order valence-corrected chi connectivity index (χ1v) is 9.15. The molecular formula is C22H31N3. The van der Waals surface area contributed by atoms with E-state index in [-0.39, 0.29) is 6.04 Å². The van der Waals surface area contributed by atoms with Crippen LogP contribution in [0, 0.1) is 6.67 Å². The molecule has 134 valence electrons. The molecule has 0 saturated heterocycles. The molecule has 0 aliphatic heterocycles. The summed E-state index contributed by atoms with van der Waals surface area (Å²) < 4.78 is 0. The molecule has 0 aliphatic carbocycles. The molecule has 2 aromatic carbocycles. The minimum atomic E-state index is 0.264. The first-order chi connectivity index (χ1) is 11.9. The fraction of sp³-hybridized carbons (Fsp3) is 0.409. The maximum absolute atomic E-state index is 3.64. The van der Waals surface area contributed by atoms with Gasteiger partial charge in [0.25, 0.3) is 0 Å². The summed E-state index contributed by atoms with van der Waals surface area (Å²) in [5.74, 6) is 0. The molecule has 2 aromatic rings. The molecule has 2 rings (SSSR count). The van der Waals surface area contributed by atoms with Crippen LogP contribution in [0.15, 0.2) is 60.7 Å². The Morgan fingerprint density at radius 2 is 1.00 bits per heavy atom. The van der Waals surface area contributed by atoms with Crippen molar-refractivity contribution in [2.24, 2.45) is 0 Å². The topological polar surface area (TPSA) is 9.72 Å². The molecule has 25 heavy (non-hydrogen) atoms. The van der Waals surface area contributed by atoms with E-state index in [1.165, 1.54) is 0 Å². The van der Waals surface area contributed by atoms with Crippen LogP contribution in [0.4, 0.5) is 11.4 Å². The van der Waals surface area contributed by atoms with Crippen molar-refractivity contribution in [1.82, 2.24) is 9.91 Å². The van der Waals surface area contributed by atoms with Gasteiger partial charge in [-0.15, -0.1) is 0 Å². The number of nitrogens with zero attached hydrogens (tertiary/aromatic N) is 3. The van der Waals surface area contributed by atoms with Crippen LogP contribution in [0.25, 0.3) is 0 Å². The lowest BCUT2D eigenvalue weighted by atomic mass is 10.2. The summed E-state index contributed by atoms with van der Waals surface area (Å²) in [6.45, 7) is 16.9. The Morgan fingerprint density at radius 1 is 0.600 bits per heavy atom. The van der Waals surface area contributed by atoms with Gasteiger partial charge in [-0.1, -0.05) is 36.4 Å². The second-order valence-corrected chi connectivity index (χ2v) is 7.12. The minimum Gasteiger partial charge on any atom is -0.273 e. The highest BCUT2D eigenvalue weighted by molar-refractivity contribution is 5.61. The van der Waals surface area contributed by atoms with Crippen molar-refractivity contribution < 1.29 is 0 Å². The van der Waals surface area contributed by atoms with Crippen LogP contribution in [0.3, 0.4) is 0 Å². The van der Waals surface area contributed by atoms with Crippen LogP contribution < -0.4 is 5.01 Å². The summed E-state index contributed by atoms with van der Waals surface area (Å²) in [4.78, 5) is 2.28. The Kier molecular flexibility index (Phi) is 7.03. The number of benzene rings is 2. The van der Waals surface area contributed by atoms with Crippen molar-refractivity contribution in [1.29, 1.82) is 0 Å². The van der Waals surface area contributed by atoms with Gasteiger partial charge in [-0.3, -0.25) is 9.91 Å². The van der Waals surface area contributed by atoms with Gasteiger partial charge in [-0.05, 0) is 65.8 Å². The van der Waals surface area contributed by atoms with E-state index >= 15 is 0 Å². The van der Waals surface area contributed by atoms with Crippen LogP contribution in [-0.2, 0) is 0 Å². The zero-order valence-corrected chi connectivity index (χ0v) is 16.3. The van der Waals surface area contributed by atoms with Gasteiger partial charge in [0.15, 0.2) is 6.67 Å². The molecule has 2 radical (unpaired) electrons. The zero-order chi connectivity index (χ0) is 18.4. The summed E-state index contributed by atoms with van der Waals surface area (Å²) in [6, 6.07) is 22.0. The van der Waals surface area contributed by atoms with Crippen molar-refractivity contribution >= 4 is 11.4 Å². The van der Waals surface area contributed by atoms with Crippen molar-refractivity contribution in [3.8, 4) is 0 Å². The number of hydrazine groups is 1. The third-order valence-corrected chi connectivity index (χ3v) is 4.04. The van der Waals surface area contributed by atoms with E-state index in [1.54, 1.807) is 0 Å². The minimum absolute atomic E-state index is 0.264. The van der Waals surface area contributed by atoms with Gasteiger partial charge in [-0.25, -0.2) is 0 Å². The van der Waals surface area contributed by atoms with Gasteiger partial charge in [-0.2, -0.15) is 5.01 Å². The monoisotopic (exact) mass is 337 g/mol. The van der Waals surface area contributed by atoms with Crippen LogP contribution >= 0.6 is 0 Å². The second-order valence-electron chi connectivity index (χ2n) is 7.12. The standard InChI is InChI=1S/C22H31N3/c1-18(2)23(19(3)4)17-24(20(5)6)25(21-13-9-7-10-14-21)22-15-11-8-12-16-22/h7-16,18-20H,1-6H3. The first kappa shape index (κ1) is 19.5. The number of rotatable bonds is 8. The summed E-state index contributed by atoms with van der Waals surface area (Å²) in [6.07, 6.45) is 0. The first-order valence-electron chi connectivity index (χ1n) is 9.15. The van der Waals surface area contributed by atoms with Gasteiger partial charge in [0.1, 0.15) is 0 Å². The Balaban J connectivity index is 2.44. The average Bonchev–Trinajstić information content (AvgIpc) is 2.59. The summed E-state index contributed by atoms with van der Waals surface area (Å²) in [5.41, 5.74) is 2.25. The number of hydrogen-bond donors (Lipinski definition) is 0. The summed E-state index contributed by atoms with van der Waals surface area (Å²) >= 11 is 0. The molecule has 0 unspecified atom stereocenters. The fourth-order valence-electron chi connectivity index (χ4n) is 2.87. The largest absolute Gasteiger partial charge is 0.273 e. The highest BCUT2D eigenvalue weighted by atomic mass is 15.7. The van der Waals surface area contributed by atoms with E-state index in [1.807, 2.05) is 12.1 Å². The highest BCUT2D eigenvalue weighted by Gasteiger charge is 2.27. The molecule has 0 amide bonds. The van der Waals surface area contributed by atoms with E-state index < -0.39 is 0 Å². The van der Waals surface area contributed by atoms with Crippen LogP contribution in [0.1, 0.15) is 41.5 Å². The van der Waals surface area contributed by atoms with Gasteiger partial charge in [0.05, 0.1) is 11.4 Å². The van der Waals surface area contributed by atoms with E-state index in [9.17, 15) is 0 Å². The molecule has 0 aromatic heterocycles. The van der Waals surface area contributed by atoms with Gasteiger partial charge >= 0.3 is 0 Å². The zero-order valence-electron chi connectivity index (χ0n) is 16.3. The van der Waals surface area contributed by atoms with E-state index in [4.69, 9.17) is 0 Å². The molecule has 3 heteroatoms. The van der Waals surface area contributed by atoms with Gasteiger partial charge in [0, 0.05) is 18.1 Å². The van der Waals surface area contributed by atoms with Gasteiger partial charge in [0.2, 0.25) is 0 Å². The molecule has 0 atom stereocenters. The smallest absolute Gasteiger partial charge is 0.167 e. The summed E-state index contributed by atoms with van der Waals surface area (Å²) in [7, 11) is 0. The predicted molar refractivity (Wildman–Crippen MR) is 107 cm³/mol. The lowest BCUT2D eigenvalue weighted by Gasteiger charge is -2.43. The Hall–Kier alpha value is -1.84. The Bertz CT molecular complexity index is 560. The SMILES string of the molecule is CC(C)N([C]N(C(C)C)N(c1ccccc1)c1ccccc1)C(C)C. The van der Waals surface area contributed by atoms with Crippen LogP contribution in [0.2, 0.25) is 0 Å². The second kappa shape index (κ2) is 9.02. The third kappa shape index (κ3) is 5.07. The molecule has 0 saturated carbocycles. The van der Waals surface area contributed by atoms with Crippen molar-refractivity contribution in [2.75, 3.05) is 5.01 Å². The third-order valence-electron chi connectivity index (χ3n) is 4.04. The van der Waals surface area contributed by atoms with Crippen LogP contribution in [0.5, 0.6) is 0 Å². The molecule has 0 bridgehead atoms. The number of hydrogen-bond acceptors (Lipinski definition) is 3. The van der Waals surface area contributed by atoms with Crippen molar-refractivity contribution in [3.63, 3.8) is 0 Å². The number of para-hydroxylation sites is 2. The Morgan fingerprint density at radius 3 is 1.32 bits per heavy atom. The molecular weight excluding hydrogens is 306 g/mol. The molecule has 3 nitrogen and oxygen atoms in total. The highest BCUT2D eigenvalue weighted by Crippen LogP contribution is 2.30. The van der Waals surface area contributed by atoms with Crippen LogP contribution in [-0.4, -0.2) is 28.0 Å². The summed E-state index contributed by atoms with van der Waals surface area (Å²) in [5, 5.41) is 4.44. The quantitative estimate of drug-likeness (QED) is 0.461. The molecule has 0 fully saturated rings.